The quantitative estimate of drug-likeness (QED) is 0.123. The van der Waals surface area contributed by atoms with Crippen LogP contribution in [-0.2, 0) is 20.1 Å². The van der Waals surface area contributed by atoms with Crippen molar-refractivity contribution in [3.63, 3.8) is 0 Å². The van der Waals surface area contributed by atoms with Gasteiger partial charge in [-0.2, -0.15) is 5.10 Å². The molecule has 0 saturated heterocycles. The molecule has 0 radical (unpaired) electrons. The molecule has 63 heavy (non-hydrogen) atoms. The molecule has 2 atom stereocenters. The summed E-state index contributed by atoms with van der Waals surface area (Å²) in [6, 6.07) is 35.3. The number of nitrogens with zero attached hydrogens (tertiary/aromatic N) is 6. The molecule has 0 aliphatic carbocycles. The van der Waals surface area contributed by atoms with E-state index >= 15 is 0 Å². The molecule has 4 aromatic carbocycles. The van der Waals surface area contributed by atoms with Gasteiger partial charge in [-0.25, -0.2) is 19.9 Å². The lowest BCUT2D eigenvalue weighted by molar-refractivity contribution is 0.294. The highest BCUT2D eigenvalue weighted by atomic mass is 16.5. The van der Waals surface area contributed by atoms with Gasteiger partial charge in [-0.1, -0.05) is 48.9 Å². The zero-order chi connectivity index (χ0) is 44.2. The van der Waals surface area contributed by atoms with E-state index in [2.05, 4.69) is 114 Å². The summed E-state index contributed by atoms with van der Waals surface area (Å²) >= 11 is 0. The van der Waals surface area contributed by atoms with Gasteiger partial charge in [0.05, 0.1) is 41.3 Å². The second-order valence-electron chi connectivity index (χ2n) is 16.2. The van der Waals surface area contributed by atoms with Crippen molar-refractivity contribution in [2.45, 2.75) is 80.5 Å². The number of rotatable bonds is 12. The fraction of sp³-hybridized carbons (Fsp3) is 0.250. The van der Waals surface area contributed by atoms with Crippen LogP contribution in [0.4, 0.5) is 11.6 Å². The van der Waals surface area contributed by atoms with Crippen molar-refractivity contribution >= 4 is 33.6 Å². The third-order valence-corrected chi connectivity index (χ3v) is 11.2. The standard InChI is InChI=1S/C29H31N5O2.C23H23N3O.2H2/c1-6-21-16-36-28-11-10-23(14-26(21)28)27-15-29(32-20(4)31-27)30-19(3)22-8-7-9-25(13-22)35-17-24-12-18(2)33-34(24)5;1-14-5-7-18(8-6-14)16(3)24-23-12-21(25-17(4)26-23)19-9-10-22-20(11-19)15(2)13-27-22;;/h7-16,19H,6,17H2,1-5H3,(H,30,31,32);5-13,16H,1-4H3,(H,24,25,26);2*1H/t;16-;;/m.0../s1. The van der Waals surface area contributed by atoms with Crippen LogP contribution in [0.15, 0.2) is 124 Å². The number of benzene rings is 4. The fourth-order valence-corrected chi connectivity index (χ4v) is 7.71. The van der Waals surface area contributed by atoms with Crippen molar-refractivity contribution < 1.29 is 16.4 Å². The number of fused-ring (bicyclic) bond motifs is 2. The summed E-state index contributed by atoms with van der Waals surface area (Å²) in [7, 11) is 1.93. The minimum Gasteiger partial charge on any atom is -0.487 e. The minimum atomic E-state index is 0. The number of furan rings is 2. The molecule has 0 spiro atoms. The molecule has 2 N–H and O–H groups in total. The Morgan fingerprint density at radius 3 is 1.87 bits per heavy atom. The average Bonchev–Trinajstić information content (AvgIpc) is 3.97. The first-order valence-corrected chi connectivity index (χ1v) is 21.4. The van der Waals surface area contributed by atoms with Crippen LogP contribution < -0.4 is 15.4 Å². The van der Waals surface area contributed by atoms with Crippen LogP contribution in [0.3, 0.4) is 0 Å². The zero-order valence-corrected chi connectivity index (χ0v) is 37.4. The third kappa shape index (κ3) is 9.94. The average molecular weight is 843 g/mol. The van der Waals surface area contributed by atoms with Crippen LogP contribution in [0.25, 0.3) is 44.5 Å². The van der Waals surface area contributed by atoms with Gasteiger partial charge in [0.1, 0.15) is 46.8 Å². The first kappa shape index (κ1) is 42.4. The number of hydrogen-bond donors (Lipinski definition) is 2. The van der Waals surface area contributed by atoms with E-state index in [0.29, 0.717) is 12.4 Å². The van der Waals surface area contributed by atoms with Crippen LogP contribution in [0.5, 0.6) is 5.75 Å². The van der Waals surface area contributed by atoms with Gasteiger partial charge in [0.25, 0.3) is 0 Å². The van der Waals surface area contributed by atoms with Crippen LogP contribution in [0.2, 0.25) is 0 Å². The van der Waals surface area contributed by atoms with E-state index in [-0.39, 0.29) is 14.9 Å². The lowest BCUT2D eigenvalue weighted by Crippen LogP contribution is -2.09. The number of hydrogen-bond acceptors (Lipinski definition) is 10. The maximum absolute atomic E-state index is 6.05. The molecule has 5 heterocycles. The molecule has 9 rings (SSSR count). The predicted molar refractivity (Wildman–Crippen MR) is 256 cm³/mol. The van der Waals surface area contributed by atoms with E-state index in [1.165, 1.54) is 16.7 Å². The molecule has 5 aromatic heterocycles. The number of aryl methyl sites for hydroxylation is 7. The molecule has 9 aromatic rings. The first-order valence-electron chi connectivity index (χ1n) is 21.4. The molecule has 0 aliphatic heterocycles. The molecule has 0 fully saturated rings. The largest absolute Gasteiger partial charge is 0.487 e. The summed E-state index contributed by atoms with van der Waals surface area (Å²) in [5, 5.41) is 13.7. The molecule has 0 bridgehead atoms. The maximum Gasteiger partial charge on any atom is 0.134 e. The van der Waals surface area contributed by atoms with Gasteiger partial charge in [-0.15, -0.1) is 0 Å². The Labute approximate surface area is 371 Å². The minimum absolute atomic E-state index is 0. The van der Waals surface area contributed by atoms with E-state index < -0.39 is 0 Å². The maximum atomic E-state index is 6.05. The second-order valence-corrected chi connectivity index (χ2v) is 16.2. The summed E-state index contributed by atoms with van der Waals surface area (Å²) in [5.74, 6) is 3.89. The molecule has 0 saturated carbocycles. The van der Waals surface area contributed by atoms with E-state index in [1.54, 1.807) is 6.26 Å². The number of ether oxygens (including phenoxy) is 1. The van der Waals surface area contributed by atoms with E-state index in [9.17, 15) is 0 Å². The topological polar surface area (TPSA) is 129 Å². The highest BCUT2D eigenvalue weighted by Crippen LogP contribution is 2.31. The van der Waals surface area contributed by atoms with Crippen LogP contribution in [-0.4, -0.2) is 29.7 Å². The Hall–Kier alpha value is -7.27. The van der Waals surface area contributed by atoms with Gasteiger partial charge in [0.15, 0.2) is 0 Å². The van der Waals surface area contributed by atoms with Crippen molar-refractivity contribution in [2.24, 2.45) is 7.05 Å². The normalized spacial score (nSPS) is 12.2. The van der Waals surface area contributed by atoms with E-state index in [0.717, 1.165) is 96.6 Å². The number of aromatic nitrogens is 6. The highest BCUT2D eigenvalue weighted by Gasteiger charge is 2.14. The lowest BCUT2D eigenvalue weighted by Gasteiger charge is -2.17. The van der Waals surface area contributed by atoms with Crippen molar-refractivity contribution in [3.8, 4) is 28.3 Å². The summed E-state index contributed by atoms with van der Waals surface area (Å²) in [6.07, 6.45) is 4.55. The molecule has 0 amide bonds. The Morgan fingerprint density at radius 1 is 0.651 bits per heavy atom. The summed E-state index contributed by atoms with van der Waals surface area (Å²) < 4.78 is 19.1. The Kier molecular flexibility index (Phi) is 12.4. The third-order valence-electron chi connectivity index (χ3n) is 11.2. The van der Waals surface area contributed by atoms with E-state index in [4.69, 9.17) is 18.6 Å². The Morgan fingerprint density at radius 2 is 1.25 bits per heavy atom. The van der Waals surface area contributed by atoms with Gasteiger partial charge in [0, 0.05) is 50.0 Å². The Bertz CT molecular complexity index is 3030. The van der Waals surface area contributed by atoms with Crippen molar-refractivity contribution in [1.29, 1.82) is 0 Å². The van der Waals surface area contributed by atoms with Gasteiger partial charge in [-0.3, -0.25) is 4.68 Å². The van der Waals surface area contributed by atoms with Crippen molar-refractivity contribution in [2.75, 3.05) is 10.6 Å². The zero-order valence-electron chi connectivity index (χ0n) is 37.4. The lowest BCUT2D eigenvalue weighted by atomic mass is 10.1. The van der Waals surface area contributed by atoms with Crippen molar-refractivity contribution in [3.05, 3.63) is 167 Å². The summed E-state index contributed by atoms with van der Waals surface area (Å²) in [6.45, 7) is 16.8. The Balaban J connectivity index is 0.000000217. The molecule has 1 unspecified atom stereocenters. The molecule has 0 aliphatic rings. The van der Waals surface area contributed by atoms with Crippen LogP contribution in [0, 0.1) is 34.6 Å². The van der Waals surface area contributed by atoms with Gasteiger partial charge in [0.2, 0.25) is 0 Å². The van der Waals surface area contributed by atoms with Crippen LogP contribution in [0.1, 0.15) is 86.6 Å². The summed E-state index contributed by atoms with van der Waals surface area (Å²) in [5.41, 5.74) is 13.6. The second kappa shape index (κ2) is 18.4. The number of nitrogens with one attached hydrogen (secondary N) is 2. The highest BCUT2D eigenvalue weighted by molar-refractivity contribution is 5.87. The monoisotopic (exact) mass is 842 g/mol. The van der Waals surface area contributed by atoms with Crippen molar-refractivity contribution in [1.82, 2.24) is 29.7 Å². The molecular weight excluding hydrogens is 785 g/mol. The van der Waals surface area contributed by atoms with Gasteiger partial charge in [-0.05, 0) is 132 Å². The summed E-state index contributed by atoms with van der Waals surface area (Å²) in [4.78, 5) is 18.5. The molecule has 324 valence electrons. The van der Waals surface area contributed by atoms with Gasteiger partial charge >= 0.3 is 0 Å². The predicted octanol–water partition coefficient (Wildman–Crippen LogP) is 13.0. The first-order chi connectivity index (χ1) is 30.4. The van der Waals surface area contributed by atoms with Crippen LogP contribution >= 0.6 is 0 Å². The molecule has 11 heteroatoms. The SMILES string of the molecule is CCc1coc2ccc(-c3cc(NC(C)c4cccc(OCc5cc(C)nn5C)c4)nc(C)n3)cc12.Cc1ccc([C@H](C)Nc2cc(-c3ccc4occ(C)c4c3)nc(C)n2)cc1.[HH].[HH]. The van der Waals surface area contributed by atoms with Gasteiger partial charge < -0.3 is 24.2 Å². The molecular formula is C52H58N8O3. The van der Waals surface area contributed by atoms with E-state index in [1.807, 2.05) is 93.4 Å². The molecule has 11 nitrogen and oxygen atoms in total. The fourth-order valence-electron chi connectivity index (χ4n) is 7.71. The smallest absolute Gasteiger partial charge is 0.134 e. The number of anilines is 2.